The number of nitrogens with zero attached hydrogens (tertiary/aromatic N) is 2. The van der Waals surface area contributed by atoms with Crippen LogP contribution in [-0.4, -0.2) is 18.6 Å². The van der Waals surface area contributed by atoms with Gasteiger partial charge in [0, 0.05) is 7.05 Å². The summed E-state index contributed by atoms with van der Waals surface area (Å²) in [5, 5.41) is 0. The molecule has 0 aliphatic heterocycles. The summed E-state index contributed by atoms with van der Waals surface area (Å²) in [6, 6.07) is 2.64. The summed E-state index contributed by atoms with van der Waals surface area (Å²) < 4.78 is 0. The molecule has 0 atom stereocenters. The van der Waals surface area contributed by atoms with Crippen molar-refractivity contribution in [3.8, 4) is 0 Å². The Hall–Kier alpha value is -0.620. The van der Waals surface area contributed by atoms with Gasteiger partial charge in [-0.25, -0.2) is 9.98 Å². The van der Waals surface area contributed by atoms with Crippen molar-refractivity contribution in [2.45, 2.75) is 39.2 Å². The summed E-state index contributed by atoms with van der Waals surface area (Å²) in [7, 11) is 1.69. The maximum absolute atomic E-state index is 4.19. The largest absolute Gasteiger partial charge is 0.229 e. The van der Waals surface area contributed by atoms with Gasteiger partial charge in [0.15, 0.2) is 0 Å². The van der Waals surface area contributed by atoms with E-state index in [1.54, 1.807) is 7.05 Å². The summed E-state index contributed by atoms with van der Waals surface area (Å²) in [5.74, 6) is 0. The summed E-state index contributed by atoms with van der Waals surface area (Å²) in [6.45, 7) is 6.37. The second-order valence-corrected chi connectivity index (χ2v) is 2.64. The second kappa shape index (κ2) is 4.24. The van der Waals surface area contributed by atoms with Crippen LogP contribution in [0.3, 0.4) is 0 Å². The lowest BCUT2D eigenvalue weighted by Gasteiger charge is -2.18. The average Bonchev–Trinajstić information content (AvgIpc) is 2.00. The maximum atomic E-state index is 4.19. The molecule has 0 aliphatic carbocycles. The van der Waals surface area contributed by atoms with Crippen LogP contribution in [0.25, 0.3) is 0 Å². The van der Waals surface area contributed by atoms with E-state index < -0.39 is 0 Å². The third kappa shape index (κ3) is 2.79. The van der Waals surface area contributed by atoms with E-state index in [4.69, 9.17) is 0 Å². The predicted molar refractivity (Wildman–Crippen MR) is 44.8 cm³/mol. The van der Waals surface area contributed by atoms with E-state index >= 15 is 0 Å². The average molecular weight is 140 g/mol. The minimum Gasteiger partial charge on any atom is -0.229 e. The van der Waals surface area contributed by atoms with Gasteiger partial charge in [-0.05, 0) is 19.8 Å². The van der Waals surface area contributed by atoms with Crippen LogP contribution in [0.1, 0.15) is 33.6 Å². The Bertz CT molecular complexity index is 139. The van der Waals surface area contributed by atoms with E-state index in [-0.39, 0.29) is 5.54 Å². The molecule has 0 N–H and O–H groups in total. The Balaban J connectivity index is 4.19. The fourth-order valence-corrected chi connectivity index (χ4v) is 0.579. The topological polar surface area (TPSA) is 24.7 Å². The van der Waals surface area contributed by atoms with Crippen LogP contribution in [-0.2, 0) is 0 Å². The molecule has 58 valence electrons. The third-order valence-corrected chi connectivity index (χ3v) is 1.94. The highest BCUT2D eigenvalue weighted by molar-refractivity contribution is 5.41. The van der Waals surface area contributed by atoms with Gasteiger partial charge in [-0.3, -0.25) is 0 Å². The molecule has 0 radical (unpaired) electrons. The molecule has 0 rings (SSSR count). The molecule has 0 aromatic rings. The number of hydrogen-bond donors (Lipinski definition) is 0. The van der Waals surface area contributed by atoms with E-state index in [0.29, 0.717) is 0 Å². The van der Waals surface area contributed by atoms with Crippen molar-refractivity contribution in [2.24, 2.45) is 9.98 Å². The Morgan fingerprint density at radius 3 is 2.10 bits per heavy atom. The first-order chi connectivity index (χ1) is 4.68. The molecule has 0 amide bonds. The SMILES string of the molecule is CCC(C)(CC)N=C=NC. The van der Waals surface area contributed by atoms with Crippen molar-refractivity contribution < 1.29 is 0 Å². The summed E-state index contributed by atoms with van der Waals surface area (Å²) in [4.78, 5) is 7.89. The Labute approximate surface area is 63.1 Å². The number of hydrogen-bond acceptors (Lipinski definition) is 2. The molecule has 2 heteroatoms. The third-order valence-electron chi connectivity index (χ3n) is 1.94. The van der Waals surface area contributed by atoms with E-state index in [2.05, 4.69) is 36.8 Å². The molecule has 2 nitrogen and oxygen atoms in total. The van der Waals surface area contributed by atoms with Crippen molar-refractivity contribution in [1.29, 1.82) is 0 Å². The van der Waals surface area contributed by atoms with E-state index in [1.807, 2.05) is 0 Å². The molecule has 0 fully saturated rings. The van der Waals surface area contributed by atoms with Crippen LogP contribution in [0, 0.1) is 0 Å². The Morgan fingerprint density at radius 2 is 1.80 bits per heavy atom. The standard InChI is InChI=1S/C8H16N2/c1-5-8(3,6-2)10-7-9-4/h5-6H2,1-4H3. The van der Waals surface area contributed by atoms with Crippen molar-refractivity contribution in [3.63, 3.8) is 0 Å². The minimum absolute atomic E-state index is 0.0551. The first-order valence-corrected chi connectivity index (χ1v) is 3.74. The van der Waals surface area contributed by atoms with Gasteiger partial charge in [-0.15, -0.1) is 0 Å². The molecule has 0 aliphatic rings. The molecule has 0 saturated carbocycles. The van der Waals surface area contributed by atoms with Gasteiger partial charge >= 0.3 is 0 Å². The van der Waals surface area contributed by atoms with Gasteiger partial charge in [-0.2, -0.15) is 0 Å². The van der Waals surface area contributed by atoms with Gasteiger partial charge in [0.05, 0.1) is 11.5 Å². The molecule has 0 aromatic heterocycles. The maximum Gasteiger partial charge on any atom is 0.0895 e. The molecule has 0 aromatic carbocycles. The van der Waals surface area contributed by atoms with Crippen LogP contribution in [0.4, 0.5) is 0 Å². The Morgan fingerprint density at radius 1 is 1.30 bits per heavy atom. The number of aliphatic imine (C=N–C) groups is 2. The lowest BCUT2D eigenvalue weighted by molar-refractivity contribution is 0.443. The normalized spacial score (nSPS) is 10.4. The highest BCUT2D eigenvalue weighted by Crippen LogP contribution is 2.17. The zero-order chi connectivity index (χ0) is 8.04. The van der Waals surface area contributed by atoms with Crippen LogP contribution in [0.5, 0.6) is 0 Å². The lowest BCUT2D eigenvalue weighted by atomic mass is 9.97. The van der Waals surface area contributed by atoms with E-state index in [1.165, 1.54) is 0 Å². The van der Waals surface area contributed by atoms with E-state index in [9.17, 15) is 0 Å². The lowest BCUT2D eigenvalue weighted by Crippen LogP contribution is -2.18. The number of rotatable bonds is 3. The molecule has 0 bridgehead atoms. The quantitative estimate of drug-likeness (QED) is 0.538. The molecular weight excluding hydrogens is 124 g/mol. The summed E-state index contributed by atoms with van der Waals surface area (Å²) >= 11 is 0. The van der Waals surface area contributed by atoms with Crippen molar-refractivity contribution >= 4 is 6.01 Å². The van der Waals surface area contributed by atoms with Crippen LogP contribution >= 0.6 is 0 Å². The summed E-state index contributed by atoms with van der Waals surface area (Å²) in [5.41, 5.74) is 0.0551. The fourth-order valence-electron chi connectivity index (χ4n) is 0.579. The van der Waals surface area contributed by atoms with E-state index in [0.717, 1.165) is 12.8 Å². The van der Waals surface area contributed by atoms with Crippen molar-refractivity contribution in [2.75, 3.05) is 7.05 Å². The minimum atomic E-state index is 0.0551. The predicted octanol–water partition coefficient (Wildman–Crippen LogP) is 2.37. The highest BCUT2D eigenvalue weighted by atomic mass is 14.9. The summed E-state index contributed by atoms with van der Waals surface area (Å²) in [6.07, 6.45) is 2.10. The molecule has 10 heavy (non-hydrogen) atoms. The van der Waals surface area contributed by atoms with Crippen molar-refractivity contribution in [1.82, 2.24) is 0 Å². The molecule has 0 heterocycles. The van der Waals surface area contributed by atoms with Crippen LogP contribution in [0.15, 0.2) is 9.98 Å². The molecule has 0 unspecified atom stereocenters. The molecular formula is C8H16N2. The van der Waals surface area contributed by atoms with Gasteiger partial charge in [-0.1, -0.05) is 13.8 Å². The van der Waals surface area contributed by atoms with Gasteiger partial charge < -0.3 is 0 Å². The fraction of sp³-hybridized carbons (Fsp3) is 0.875. The van der Waals surface area contributed by atoms with Gasteiger partial charge in [0.25, 0.3) is 0 Å². The monoisotopic (exact) mass is 140 g/mol. The molecule has 0 spiro atoms. The first-order valence-electron chi connectivity index (χ1n) is 3.74. The smallest absolute Gasteiger partial charge is 0.0895 e. The second-order valence-electron chi connectivity index (χ2n) is 2.64. The Kier molecular flexibility index (Phi) is 3.97. The highest BCUT2D eigenvalue weighted by Gasteiger charge is 2.16. The van der Waals surface area contributed by atoms with Gasteiger partial charge in [0.2, 0.25) is 0 Å². The van der Waals surface area contributed by atoms with Crippen molar-refractivity contribution in [3.05, 3.63) is 0 Å². The van der Waals surface area contributed by atoms with Crippen LogP contribution in [0.2, 0.25) is 0 Å². The first kappa shape index (κ1) is 9.38. The zero-order valence-corrected chi connectivity index (χ0v) is 7.31. The zero-order valence-electron chi connectivity index (χ0n) is 7.31. The van der Waals surface area contributed by atoms with Gasteiger partial charge in [0.1, 0.15) is 0 Å². The molecule has 0 saturated heterocycles. The van der Waals surface area contributed by atoms with Crippen LogP contribution < -0.4 is 0 Å².